The van der Waals surface area contributed by atoms with Crippen LogP contribution >= 0.6 is 12.6 Å². The van der Waals surface area contributed by atoms with E-state index in [2.05, 4.69) is 17.9 Å². The normalized spacial score (nSPS) is 11.1. The van der Waals surface area contributed by atoms with E-state index in [4.69, 9.17) is 5.41 Å². The molecule has 0 fully saturated rings. The van der Waals surface area contributed by atoms with Crippen molar-refractivity contribution < 1.29 is 0 Å². The summed E-state index contributed by atoms with van der Waals surface area (Å²) in [5, 5.41) is 9.79. The SMILES string of the molecule is CN/C=C(/S)C(C)=N. The highest BCUT2D eigenvalue weighted by Crippen LogP contribution is 1.97. The van der Waals surface area contributed by atoms with E-state index in [0.717, 1.165) is 0 Å². The summed E-state index contributed by atoms with van der Waals surface area (Å²) in [5.41, 5.74) is 0.475. The fourth-order valence-corrected chi connectivity index (χ4v) is 0.374. The summed E-state index contributed by atoms with van der Waals surface area (Å²) < 4.78 is 0. The fourth-order valence-electron chi connectivity index (χ4n) is 0.245. The second-order valence-electron chi connectivity index (χ2n) is 1.44. The van der Waals surface area contributed by atoms with E-state index >= 15 is 0 Å². The second kappa shape index (κ2) is 3.55. The summed E-state index contributed by atoms with van der Waals surface area (Å²) in [7, 11) is 1.78. The van der Waals surface area contributed by atoms with Crippen LogP contribution in [0.5, 0.6) is 0 Å². The maximum atomic E-state index is 7.02. The van der Waals surface area contributed by atoms with Crippen LogP contribution < -0.4 is 5.32 Å². The van der Waals surface area contributed by atoms with Gasteiger partial charge in [-0.25, -0.2) is 0 Å². The third kappa shape index (κ3) is 2.69. The number of nitrogens with one attached hydrogen (secondary N) is 2. The Kier molecular flexibility index (Phi) is 3.35. The van der Waals surface area contributed by atoms with Gasteiger partial charge in [-0.2, -0.15) is 0 Å². The number of thiol groups is 1. The molecule has 8 heavy (non-hydrogen) atoms. The minimum absolute atomic E-state index is 0.475. The smallest absolute Gasteiger partial charge is 0.0430 e. The Morgan fingerprint density at radius 2 is 2.25 bits per heavy atom. The van der Waals surface area contributed by atoms with Crippen LogP contribution in [0.15, 0.2) is 11.1 Å². The highest BCUT2D eigenvalue weighted by Gasteiger charge is 1.87. The molecule has 2 N–H and O–H groups in total. The number of rotatable bonds is 2. The molecule has 0 aliphatic heterocycles. The summed E-state index contributed by atoms with van der Waals surface area (Å²) in [4.78, 5) is 0.674. The number of hydrogen-bond acceptors (Lipinski definition) is 3. The molecule has 0 rings (SSSR count). The zero-order chi connectivity index (χ0) is 6.57. The van der Waals surface area contributed by atoms with Crippen LogP contribution in [0.1, 0.15) is 6.92 Å². The Bertz CT molecular complexity index is 118. The zero-order valence-corrected chi connectivity index (χ0v) is 5.92. The predicted octanol–water partition coefficient (Wildman–Crippen LogP) is 1.02. The zero-order valence-electron chi connectivity index (χ0n) is 5.02. The minimum atomic E-state index is 0.475. The molecule has 0 radical (unpaired) electrons. The van der Waals surface area contributed by atoms with Crippen molar-refractivity contribution in [1.82, 2.24) is 5.32 Å². The van der Waals surface area contributed by atoms with Gasteiger partial charge in [-0.1, -0.05) is 0 Å². The quantitative estimate of drug-likeness (QED) is 0.379. The molecule has 0 saturated heterocycles. The van der Waals surface area contributed by atoms with Crippen molar-refractivity contribution >= 4 is 18.3 Å². The van der Waals surface area contributed by atoms with Crippen molar-refractivity contribution in [2.45, 2.75) is 6.92 Å². The van der Waals surface area contributed by atoms with Gasteiger partial charge in [0.2, 0.25) is 0 Å². The molecule has 0 heterocycles. The Hall–Kier alpha value is -0.440. The molecule has 3 heteroatoms. The van der Waals surface area contributed by atoms with Gasteiger partial charge >= 0.3 is 0 Å². The Morgan fingerprint density at radius 1 is 1.75 bits per heavy atom. The summed E-state index contributed by atoms with van der Waals surface area (Å²) in [6.45, 7) is 1.69. The largest absolute Gasteiger partial charge is 0.393 e. The highest BCUT2D eigenvalue weighted by atomic mass is 32.1. The van der Waals surface area contributed by atoms with E-state index in [-0.39, 0.29) is 0 Å². The van der Waals surface area contributed by atoms with E-state index in [1.54, 1.807) is 20.2 Å². The molecular formula is C5H10N2S. The van der Waals surface area contributed by atoms with Gasteiger partial charge in [0.05, 0.1) is 0 Å². The van der Waals surface area contributed by atoms with Crippen molar-refractivity contribution in [1.29, 1.82) is 5.41 Å². The van der Waals surface area contributed by atoms with E-state index in [1.165, 1.54) is 0 Å². The van der Waals surface area contributed by atoms with Gasteiger partial charge in [0.15, 0.2) is 0 Å². The average Bonchev–Trinajstić information content (AvgIpc) is 1.67. The summed E-state index contributed by atoms with van der Waals surface area (Å²) >= 11 is 3.98. The van der Waals surface area contributed by atoms with Crippen LogP contribution in [0.4, 0.5) is 0 Å². The first-order chi connectivity index (χ1) is 3.68. The Labute approximate surface area is 54.9 Å². The van der Waals surface area contributed by atoms with E-state index in [0.29, 0.717) is 10.6 Å². The van der Waals surface area contributed by atoms with Crippen molar-refractivity contribution in [2.24, 2.45) is 0 Å². The maximum Gasteiger partial charge on any atom is 0.0430 e. The van der Waals surface area contributed by atoms with Gasteiger partial charge in [-0.3, -0.25) is 0 Å². The molecule has 0 bridgehead atoms. The molecule has 0 amide bonds. The van der Waals surface area contributed by atoms with Crippen molar-refractivity contribution in [3.63, 3.8) is 0 Å². The van der Waals surface area contributed by atoms with Crippen molar-refractivity contribution in [3.8, 4) is 0 Å². The Balaban J connectivity index is 3.80. The molecule has 0 aliphatic rings. The lowest BCUT2D eigenvalue weighted by Gasteiger charge is -1.92. The summed E-state index contributed by atoms with van der Waals surface area (Å²) in [6, 6.07) is 0. The second-order valence-corrected chi connectivity index (χ2v) is 1.93. The van der Waals surface area contributed by atoms with Gasteiger partial charge in [-0.15, -0.1) is 12.6 Å². The van der Waals surface area contributed by atoms with Crippen LogP contribution in [-0.4, -0.2) is 12.8 Å². The van der Waals surface area contributed by atoms with Crippen LogP contribution in [0.3, 0.4) is 0 Å². The minimum Gasteiger partial charge on any atom is -0.393 e. The first-order valence-electron chi connectivity index (χ1n) is 2.30. The molecule has 0 unspecified atom stereocenters. The molecule has 0 aliphatic carbocycles. The molecule has 46 valence electrons. The van der Waals surface area contributed by atoms with Gasteiger partial charge in [0, 0.05) is 23.9 Å². The fraction of sp³-hybridized carbons (Fsp3) is 0.400. The van der Waals surface area contributed by atoms with Crippen LogP contribution in [0, 0.1) is 5.41 Å². The lowest BCUT2D eigenvalue weighted by Crippen LogP contribution is -1.97. The highest BCUT2D eigenvalue weighted by molar-refractivity contribution is 7.85. The standard InChI is InChI=1S/C5H10N2S/c1-4(6)5(8)3-7-2/h3,6-8H,1-2H3/b5-3+,6-4?. The topological polar surface area (TPSA) is 35.9 Å². The van der Waals surface area contributed by atoms with E-state index in [9.17, 15) is 0 Å². The van der Waals surface area contributed by atoms with E-state index in [1.807, 2.05) is 0 Å². The van der Waals surface area contributed by atoms with Crippen LogP contribution in [0.2, 0.25) is 0 Å². The molecule has 2 nitrogen and oxygen atoms in total. The first kappa shape index (κ1) is 7.56. The van der Waals surface area contributed by atoms with Gasteiger partial charge in [0.1, 0.15) is 0 Å². The molecular weight excluding hydrogens is 120 g/mol. The predicted molar refractivity (Wildman–Crippen MR) is 39.5 cm³/mol. The molecule has 0 atom stereocenters. The molecule has 0 saturated carbocycles. The molecule has 0 aromatic rings. The Morgan fingerprint density at radius 3 is 2.38 bits per heavy atom. The van der Waals surface area contributed by atoms with Gasteiger partial charge in [0.25, 0.3) is 0 Å². The molecule has 0 aromatic carbocycles. The number of hydrogen-bond donors (Lipinski definition) is 3. The third-order valence-corrected chi connectivity index (χ3v) is 1.13. The lowest BCUT2D eigenvalue weighted by atomic mass is 10.4. The number of allylic oxidation sites excluding steroid dienone is 1. The lowest BCUT2D eigenvalue weighted by molar-refractivity contribution is 1.10. The van der Waals surface area contributed by atoms with Gasteiger partial charge in [-0.05, 0) is 6.92 Å². The van der Waals surface area contributed by atoms with Crippen LogP contribution in [0.25, 0.3) is 0 Å². The van der Waals surface area contributed by atoms with E-state index < -0.39 is 0 Å². The van der Waals surface area contributed by atoms with Gasteiger partial charge < -0.3 is 10.7 Å². The molecule has 0 aromatic heterocycles. The van der Waals surface area contributed by atoms with Crippen molar-refractivity contribution in [2.75, 3.05) is 7.05 Å². The average molecular weight is 130 g/mol. The monoisotopic (exact) mass is 130 g/mol. The maximum absolute atomic E-state index is 7.02. The summed E-state index contributed by atoms with van der Waals surface area (Å²) in [5.74, 6) is 0. The third-order valence-electron chi connectivity index (χ3n) is 0.665. The summed E-state index contributed by atoms with van der Waals surface area (Å²) in [6.07, 6.45) is 1.67. The molecule has 0 spiro atoms. The first-order valence-corrected chi connectivity index (χ1v) is 2.75. The van der Waals surface area contributed by atoms with Crippen molar-refractivity contribution in [3.05, 3.63) is 11.1 Å². The van der Waals surface area contributed by atoms with Crippen LogP contribution in [-0.2, 0) is 0 Å².